The number of nitrogens with two attached hydrogens (primary N) is 1. The van der Waals surface area contributed by atoms with Crippen molar-refractivity contribution in [2.75, 3.05) is 11.9 Å². The number of nitrogens with one attached hydrogen (secondary N) is 1. The predicted octanol–water partition coefficient (Wildman–Crippen LogP) is 2.84. The second-order valence-electron chi connectivity index (χ2n) is 5.33. The van der Waals surface area contributed by atoms with Crippen molar-refractivity contribution in [2.45, 2.75) is 58.9 Å². The number of hydrogen-bond acceptors (Lipinski definition) is 4. The van der Waals surface area contributed by atoms with Crippen LogP contribution in [0.3, 0.4) is 0 Å². The molecule has 0 radical (unpaired) electrons. The minimum absolute atomic E-state index is 0.156. The second-order valence-corrected chi connectivity index (χ2v) is 5.33. The first-order valence-electron chi connectivity index (χ1n) is 6.78. The summed E-state index contributed by atoms with van der Waals surface area (Å²) in [6.45, 7) is 11.2. The molecule has 1 aromatic heterocycles. The Kier molecular flexibility index (Phi) is 5.08. The Hall–Kier alpha value is -1.16. The van der Waals surface area contributed by atoms with Gasteiger partial charge in [-0.15, -0.1) is 0 Å². The summed E-state index contributed by atoms with van der Waals surface area (Å²) in [6, 6.07) is 1.97. The molecule has 3 N–H and O–H groups in total. The van der Waals surface area contributed by atoms with Gasteiger partial charge in [0.2, 0.25) is 0 Å². The van der Waals surface area contributed by atoms with E-state index in [-0.39, 0.29) is 5.54 Å². The molecule has 102 valence electrons. The lowest BCUT2D eigenvalue weighted by molar-refractivity contribution is 0.417. The van der Waals surface area contributed by atoms with Crippen molar-refractivity contribution in [1.82, 2.24) is 9.97 Å². The van der Waals surface area contributed by atoms with E-state index in [1.807, 2.05) is 13.0 Å². The summed E-state index contributed by atoms with van der Waals surface area (Å²) >= 11 is 0. The molecule has 0 saturated heterocycles. The van der Waals surface area contributed by atoms with E-state index in [4.69, 9.17) is 5.73 Å². The molecule has 0 aliphatic carbocycles. The van der Waals surface area contributed by atoms with E-state index in [1.54, 1.807) is 0 Å². The number of aryl methyl sites for hydroxylation is 1. The van der Waals surface area contributed by atoms with Gasteiger partial charge in [-0.05, 0) is 19.8 Å². The molecule has 0 spiro atoms. The average Bonchev–Trinajstić information content (AvgIpc) is 2.35. The molecule has 4 nitrogen and oxygen atoms in total. The van der Waals surface area contributed by atoms with Gasteiger partial charge in [-0.3, -0.25) is 0 Å². The standard InChI is InChI=1S/C14H26N4/c1-6-14(15,7-2)9-16-12-8-11(5)17-13(18-12)10(3)4/h8,10H,6-7,9,15H2,1-5H3,(H,16,17,18). The van der Waals surface area contributed by atoms with Crippen molar-refractivity contribution in [3.05, 3.63) is 17.6 Å². The number of aromatic nitrogens is 2. The molecule has 0 amide bonds. The molecular weight excluding hydrogens is 224 g/mol. The molecule has 0 unspecified atom stereocenters. The number of nitrogens with zero attached hydrogens (tertiary/aromatic N) is 2. The van der Waals surface area contributed by atoms with Gasteiger partial charge >= 0.3 is 0 Å². The van der Waals surface area contributed by atoms with E-state index in [1.165, 1.54) is 0 Å². The Morgan fingerprint density at radius 3 is 2.39 bits per heavy atom. The van der Waals surface area contributed by atoms with Crippen LogP contribution in [0.2, 0.25) is 0 Å². The summed E-state index contributed by atoms with van der Waals surface area (Å²) in [6.07, 6.45) is 1.91. The molecule has 0 aromatic carbocycles. The zero-order valence-corrected chi connectivity index (χ0v) is 12.2. The number of rotatable bonds is 6. The fourth-order valence-corrected chi connectivity index (χ4v) is 1.71. The lowest BCUT2D eigenvalue weighted by Crippen LogP contribution is -2.45. The Morgan fingerprint density at radius 2 is 1.89 bits per heavy atom. The van der Waals surface area contributed by atoms with Crippen LogP contribution in [0, 0.1) is 6.92 Å². The molecule has 1 rings (SSSR count). The lowest BCUT2D eigenvalue weighted by atomic mass is 9.94. The molecule has 0 saturated carbocycles. The highest BCUT2D eigenvalue weighted by Crippen LogP contribution is 2.16. The zero-order chi connectivity index (χ0) is 13.8. The van der Waals surface area contributed by atoms with Crippen LogP contribution >= 0.6 is 0 Å². The van der Waals surface area contributed by atoms with Crippen LogP contribution in [0.4, 0.5) is 5.82 Å². The smallest absolute Gasteiger partial charge is 0.133 e. The van der Waals surface area contributed by atoms with Gasteiger partial charge in [0.1, 0.15) is 11.6 Å². The van der Waals surface area contributed by atoms with Crippen LogP contribution < -0.4 is 11.1 Å². The van der Waals surface area contributed by atoms with Crippen LogP contribution in [0.1, 0.15) is 58.0 Å². The van der Waals surface area contributed by atoms with Crippen molar-refractivity contribution in [3.8, 4) is 0 Å². The lowest BCUT2D eigenvalue weighted by Gasteiger charge is -2.27. The molecule has 0 bridgehead atoms. The summed E-state index contributed by atoms with van der Waals surface area (Å²) in [5, 5.41) is 3.35. The molecule has 0 fully saturated rings. The third kappa shape index (κ3) is 3.95. The van der Waals surface area contributed by atoms with Crippen molar-refractivity contribution in [3.63, 3.8) is 0 Å². The largest absolute Gasteiger partial charge is 0.368 e. The maximum absolute atomic E-state index is 6.27. The highest BCUT2D eigenvalue weighted by molar-refractivity contribution is 5.36. The van der Waals surface area contributed by atoms with Gasteiger partial charge in [0, 0.05) is 29.8 Å². The van der Waals surface area contributed by atoms with Gasteiger partial charge in [-0.1, -0.05) is 27.7 Å². The third-order valence-electron chi connectivity index (χ3n) is 3.42. The summed E-state index contributed by atoms with van der Waals surface area (Å²) in [4.78, 5) is 8.96. The molecule has 4 heteroatoms. The van der Waals surface area contributed by atoms with Gasteiger partial charge in [0.05, 0.1) is 0 Å². The highest BCUT2D eigenvalue weighted by atomic mass is 15.1. The van der Waals surface area contributed by atoms with Gasteiger partial charge < -0.3 is 11.1 Å². The molecule has 1 heterocycles. The van der Waals surface area contributed by atoms with Gasteiger partial charge in [-0.2, -0.15) is 0 Å². The van der Waals surface area contributed by atoms with E-state index in [9.17, 15) is 0 Å². The van der Waals surface area contributed by atoms with E-state index in [0.717, 1.165) is 36.7 Å². The Bertz CT molecular complexity index is 383. The molecule has 18 heavy (non-hydrogen) atoms. The van der Waals surface area contributed by atoms with Crippen molar-refractivity contribution in [1.29, 1.82) is 0 Å². The molecule has 0 aliphatic rings. The van der Waals surface area contributed by atoms with Crippen LogP contribution in [0.15, 0.2) is 6.07 Å². The molecule has 1 aromatic rings. The molecule has 0 aliphatic heterocycles. The summed E-state index contributed by atoms with van der Waals surface area (Å²) in [5.74, 6) is 2.10. The summed E-state index contributed by atoms with van der Waals surface area (Å²) in [5.41, 5.74) is 7.11. The number of anilines is 1. The van der Waals surface area contributed by atoms with E-state index in [2.05, 4.69) is 43.0 Å². The first-order chi connectivity index (χ1) is 8.40. The van der Waals surface area contributed by atoms with Crippen LogP contribution in [0.5, 0.6) is 0 Å². The minimum atomic E-state index is -0.156. The monoisotopic (exact) mass is 250 g/mol. The van der Waals surface area contributed by atoms with Crippen LogP contribution in [-0.4, -0.2) is 22.1 Å². The van der Waals surface area contributed by atoms with Crippen LogP contribution in [-0.2, 0) is 0 Å². The fourth-order valence-electron chi connectivity index (χ4n) is 1.71. The quantitative estimate of drug-likeness (QED) is 0.815. The normalized spacial score (nSPS) is 11.9. The Balaban J connectivity index is 2.79. The number of hydrogen-bond donors (Lipinski definition) is 2. The van der Waals surface area contributed by atoms with E-state index >= 15 is 0 Å². The summed E-state index contributed by atoms with van der Waals surface area (Å²) in [7, 11) is 0. The first-order valence-corrected chi connectivity index (χ1v) is 6.78. The highest BCUT2D eigenvalue weighted by Gasteiger charge is 2.20. The minimum Gasteiger partial charge on any atom is -0.368 e. The fraction of sp³-hybridized carbons (Fsp3) is 0.714. The third-order valence-corrected chi connectivity index (χ3v) is 3.42. The molecular formula is C14H26N4. The van der Waals surface area contributed by atoms with Crippen molar-refractivity contribution >= 4 is 5.82 Å². The van der Waals surface area contributed by atoms with Crippen molar-refractivity contribution < 1.29 is 0 Å². The van der Waals surface area contributed by atoms with Gasteiger partial charge in [-0.25, -0.2) is 9.97 Å². The Morgan fingerprint density at radius 1 is 1.28 bits per heavy atom. The van der Waals surface area contributed by atoms with Crippen LogP contribution in [0.25, 0.3) is 0 Å². The topological polar surface area (TPSA) is 63.8 Å². The van der Waals surface area contributed by atoms with E-state index < -0.39 is 0 Å². The van der Waals surface area contributed by atoms with Gasteiger partial charge in [0.25, 0.3) is 0 Å². The average molecular weight is 250 g/mol. The SMILES string of the molecule is CCC(N)(CC)CNc1cc(C)nc(C(C)C)n1. The Labute approximate surface area is 110 Å². The maximum atomic E-state index is 6.27. The predicted molar refractivity (Wildman–Crippen MR) is 76.8 cm³/mol. The zero-order valence-electron chi connectivity index (χ0n) is 12.2. The van der Waals surface area contributed by atoms with E-state index in [0.29, 0.717) is 5.92 Å². The second kappa shape index (κ2) is 6.14. The molecule has 0 atom stereocenters. The first kappa shape index (κ1) is 14.9. The van der Waals surface area contributed by atoms with Gasteiger partial charge in [0.15, 0.2) is 0 Å². The van der Waals surface area contributed by atoms with Crippen molar-refractivity contribution in [2.24, 2.45) is 5.73 Å². The maximum Gasteiger partial charge on any atom is 0.133 e. The summed E-state index contributed by atoms with van der Waals surface area (Å²) < 4.78 is 0.